The number of hydrogen-bond acceptors (Lipinski definition) is 6. The van der Waals surface area contributed by atoms with Crippen molar-refractivity contribution in [3.05, 3.63) is 71.8 Å². The van der Waals surface area contributed by atoms with Gasteiger partial charge in [0.1, 0.15) is 0 Å². The van der Waals surface area contributed by atoms with Crippen LogP contribution >= 0.6 is 0 Å². The van der Waals surface area contributed by atoms with Gasteiger partial charge in [0.05, 0.1) is 45.1 Å². The fourth-order valence-electron chi connectivity index (χ4n) is 3.94. The summed E-state index contributed by atoms with van der Waals surface area (Å²) >= 11 is 0. The van der Waals surface area contributed by atoms with Crippen LogP contribution in [0.5, 0.6) is 0 Å². The van der Waals surface area contributed by atoms with Gasteiger partial charge in [-0.3, -0.25) is 9.69 Å². The van der Waals surface area contributed by atoms with Gasteiger partial charge in [-0.25, -0.2) is 0 Å². The van der Waals surface area contributed by atoms with Crippen molar-refractivity contribution in [1.29, 1.82) is 0 Å². The molecule has 2 aromatic carbocycles. The van der Waals surface area contributed by atoms with E-state index in [9.17, 15) is 9.90 Å². The van der Waals surface area contributed by atoms with Gasteiger partial charge in [0.2, 0.25) is 5.91 Å². The number of β-amino-alcohol motifs (C(OH)–C–C–N with tert-alkyl or cyclic N) is 1. The van der Waals surface area contributed by atoms with Gasteiger partial charge in [0.25, 0.3) is 0 Å². The Kier molecular flexibility index (Phi) is 10.8. The van der Waals surface area contributed by atoms with Crippen molar-refractivity contribution in [1.82, 2.24) is 9.80 Å². The van der Waals surface area contributed by atoms with E-state index in [4.69, 9.17) is 14.2 Å². The maximum Gasteiger partial charge on any atom is 0.227 e. The van der Waals surface area contributed by atoms with Crippen LogP contribution in [0.4, 0.5) is 0 Å². The minimum Gasteiger partial charge on any atom is -0.389 e. The molecule has 7 nitrogen and oxygen atoms in total. The highest BCUT2D eigenvalue weighted by atomic mass is 16.5. The molecule has 2 unspecified atom stereocenters. The first kappa shape index (κ1) is 25.3. The predicted molar refractivity (Wildman–Crippen MR) is 127 cm³/mol. The van der Waals surface area contributed by atoms with Crippen molar-refractivity contribution >= 4 is 5.91 Å². The van der Waals surface area contributed by atoms with Gasteiger partial charge in [-0.2, -0.15) is 0 Å². The highest BCUT2D eigenvalue weighted by molar-refractivity contribution is 5.78. The first-order valence-electron chi connectivity index (χ1n) is 11.6. The zero-order chi connectivity index (χ0) is 23.3. The number of aliphatic hydroxyl groups is 1. The summed E-state index contributed by atoms with van der Waals surface area (Å²) in [5, 5.41) is 10.4. The SMILES string of the molecule is COCCN(CC1CN(CC(O)COCc2ccccc2)CCO1)C(=O)Cc1ccccc1. The number of benzene rings is 2. The molecule has 1 saturated heterocycles. The lowest BCUT2D eigenvalue weighted by Gasteiger charge is -2.36. The lowest BCUT2D eigenvalue weighted by Crippen LogP contribution is -2.51. The smallest absolute Gasteiger partial charge is 0.227 e. The number of ether oxygens (including phenoxy) is 3. The highest BCUT2D eigenvalue weighted by Crippen LogP contribution is 2.11. The van der Waals surface area contributed by atoms with Crippen LogP contribution in [0.25, 0.3) is 0 Å². The van der Waals surface area contributed by atoms with Crippen molar-refractivity contribution in [3.63, 3.8) is 0 Å². The zero-order valence-electron chi connectivity index (χ0n) is 19.5. The molecule has 1 aliphatic heterocycles. The van der Waals surface area contributed by atoms with Crippen LogP contribution in [-0.4, -0.2) is 92.7 Å². The fourth-order valence-corrected chi connectivity index (χ4v) is 3.94. The van der Waals surface area contributed by atoms with E-state index < -0.39 is 6.10 Å². The van der Waals surface area contributed by atoms with Gasteiger partial charge < -0.3 is 24.2 Å². The molecule has 1 fully saturated rings. The van der Waals surface area contributed by atoms with Crippen molar-refractivity contribution < 1.29 is 24.1 Å². The number of hydrogen-bond donors (Lipinski definition) is 1. The lowest BCUT2D eigenvalue weighted by molar-refractivity contribution is -0.135. The minimum absolute atomic E-state index is 0.0633. The van der Waals surface area contributed by atoms with Crippen LogP contribution in [0.3, 0.4) is 0 Å². The monoisotopic (exact) mass is 456 g/mol. The van der Waals surface area contributed by atoms with Gasteiger partial charge in [0.15, 0.2) is 0 Å². The largest absolute Gasteiger partial charge is 0.389 e. The molecule has 1 aliphatic rings. The van der Waals surface area contributed by atoms with Crippen molar-refractivity contribution in [2.24, 2.45) is 0 Å². The van der Waals surface area contributed by atoms with Crippen LogP contribution in [0.2, 0.25) is 0 Å². The molecule has 2 aromatic rings. The Morgan fingerprint density at radius 2 is 1.85 bits per heavy atom. The van der Waals surface area contributed by atoms with E-state index in [1.54, 1.807) is 7.11 Å². The molecule has 0 bridgehead atoms. The molecule has 7 heteroatoms. The number of nitrogens with zero attached hydrogens (tertiary/aromatic N) is 2. The Morgan fingerprint density at radius 1 is 1.15 bits per heavy atom. The number of morpholine rings is 1. The summed E-state index contributed by atoms with van der Waals surface area (Å²) in [6.45, 7) is 4.80. The van der Waals surface area contributed by atoms with Crippen molar-refractivity contribution in [3.8, 4) is 0 Å². The molecular weight excluding hydrogens is 420 g/mol. The van der Waals surface area contributed by atoms with E-state index in [0.29, 0.717) is 52.4 Å². The average Bonchev–Trinajstić information content (AvgIpc) is 2.83. The predicted octanol–water partition coefficient (Wildman–Crippen LogP) is 1.98. The molecular formula is C26H36N2O5. The van der Waals surface area contributed by atoms with E-state index in [-0.39, 0.29) is 18.6 Å². The number of carbonyl (C=O) groups excluding carboxylic acids is 1. The molecule has 180 valence electrons. The lowest BCUT2D eigenvalue weighted by atomic mass is 10.1. The van der Waals surface area contributed by atoms with E-state index in [1.165, 1.54) is 0 Å². The van der Waals surface area contributed by atoms with Gasteiger partial charge in [0, 0.05) is 39.8 Å². The van der Waals surface area contributed by atoms with Crippen molar-refractivity contribution in [2.45, 2.75) is 25.2 Å². The second-order valence-corrected chi connectivity index (χ2v) is 8.40. The van der Waals surface area contributed by atoms with Crippen LogP contribution in [0.15, 0.2) is 60.7 Å². The molecule has 0 radical (unpaired) electrons. The van der Waals surface area contributed by atoms with Gasteiger partial charge in [-0.05, 0) is 11.1 Å². The van der Waals surface area contributed by atoms with Crippen LogP contribution in [0, 0.1) is 0 Å². The van der Waals surface area contributed by atoms with Crippen molar-refractivity contribution in [2.75, 3.05) is 59.7 Å². The maximum absolute atomic E-state index is 12.9. The number of aliphatic hydroxyl groups excluding tert-OH is 1. The summed E-state index contributed by atoms with van der Waals surface area (Å²) in [5.74, 6) is 0.0633. The van der Waals surface area contributed by atoms with Gasteiger partial charge in [-0.1, -0.05) is 60.7 Å². The number of carbonyl (C=O) groups is 1. The maximum atomic E-state index is 12.9. The van der Waals surface area contributed by atoms with Crippen LogP contribution in [0.1, 0.15) is 11.1 Å². The van der Waals surface area contributed by atoms with Crippen LogP contribution in [-0.2, 0) is 32.0 Å². The average molecular weight is 457 g/mol. The third kappa shape index (κ3) is 9.23. The molecule has 0 saturated carbocycles. The molecule has 1 N–H and O–H groups in total. The Labute approximate surface area is 196 Å². The summed E-state index contributed by atoms with van der Waals surface area (Å²) in [7, 11) is 1.64. The third-order valence-electron chi connectivity index (χ3n) is 5.65. The van der Waals surface area contributed by atoms with Gasteiger partial charge in [-0.15, -0.1) is 0 Å². The first-order valence-corrected chi connectivity index (χ1v) is 11.6. The molecule has 3 rings (SSSR count). The second-order valence-electron chi connectivity index (χ2n) is 8.40. The molecule has 0 aliphatic carbocycles. The topological polar surface area (TPSA) is 71.5 Å². The summed E-state index contributed by atoms with van der Waals surface area (Å²) in [6.07, 6.45) is -0.317. The number of rotatable bonds is 13. The standard InChI is InChI=1S/C26H36N2O5/c1-31-14-13-28(26(30)16-22-8-4-2-5-9-22)19-25-18-27(12-15-33-25)17-24(29)21-32-20-23-10-6-3-7-11-23/h2-11,24-25,29H,12-21H2,1H3. The second kappa shape index (κ2) is 14.1. The quantitative estimate of drug-likeness (QED) is 0.497. The van der Waals surface area contributed by atoms with Gasteiger partial charge >= 0.3 is 0 Å². The van der Waals surface area contributed by atoms with E-state index in [0.717, 1.165) is 17.7 Å². The summed E-state index contributed by atoms with van der Waals surface area (Å²) in [5.41, 5.74) is 2.09. The fraction of sp³-hybridized carbons (Fsp3) is 0.500. The van der Waals surface area contributed by atoms with Crippen LogP contribution < -0.4 is 0 Å². The molecule has 0 spiro atoms. The normalized spacial score (nSPS) is 17.6. The van der Waals surface area contributed by atoms with E-state index in [2.05, 4.69) is 4.90 Å². The number of methoxy groups -OCH3 is 1. The number of amides is 1. The molecule has 0 aromatic heterocycles. The Morgan fingerprint density at radius 3 is 2.55 bits per heavy atom. The summed E-state index contributed by atoms with van der Waals surface area (Å²) < 4.78 is 16.8. The first-order chi connectivity index (χ1) is 16.1. The highest BCUT2D eigenvalue weighted by Gasteiger charge is 2.26. The molecule has 1 amide bonds. The Hall–Kier alpha value is -2.29. The Bertz CT molecular complexity index is 805. The molecule has 2 atom stereocenters. The molecule has 1 heterocycles. The van der Waals surface area contributed by atoms with E-state index >= 15 is 0 Å². The summed E-state index contributed by atoms with van der Waals surface area (Å²) in [4.78, 5) is 16.9. The minimum atomic E-state index is -0.572. The zero-order valence-corrected chi connectivity index (χ0v) is 19.5. The van der Waals surface area contributed by atoms with E-state index in [1.807, 2.05) is 65.6 Å². The Balaban J connectivity index is 1.45. The summed E-state index contributed by atoms with van der Waals surface area (Å²) in [6, 6.07) is 19.7. The molecule has 33 heavy (non-hydrogen) atoms. The third-order valence-corrected chi connectivity index (χ3v) is 5.65.